The molecule has 4 aliphatic rings. The third-order valence-corrected chi connectivity index (χ3v) is 22.0. The standard InChI is InChI=1S/C42H57FN8O3.C24H32FN3O2.C23H35N5O4/c1-5-8-12-33(42(53)46-24-35-38(6-2)49-40-36(25-47-51(40)7-3)39(35)48-32-15-19-54-20-16-32)41(52)45-23-29-13-14-37(43)34(22-29)31-11-9-10-30(21-31)27-50-18-17-44-28(4)26-50;1-17-15-27(10-11-28(17)23(29)30-24(2,3)4)16-19-6-5-7-20(12-19)21-13-18(14-26)8-9-22(21)25;1-4-7-8-16(23(30)31)22(29)24-13-17-19(5-2)27-21-18(14-25-28(21)6-3)20(17)26-15-9-11-32-12-10-15/h9-11,13-14,21-22,25,28,32-33,44H,5-8,12,15-20,23-24,26-27H2,1-4H3,(H,45,52)(H,46,53)(H,48,49);5-9,12-13,17H,10-11,14-16,26H2,1-4H3;14-16H,4-13H2,1-3H3,(H,24,29)(H,26,27)(H,30,31)/t28-,33?;17-;/m00./s1. The number of carbonyl (C=O) groups is 5. The van der Waals surface area contributed by atoms with Crippen molar-refractivity contribution in [2.24, 2.45) is 17.6 Å². The van der Waals surface area contributed by atoms with Crippen molar-refractivity contribution in [3.63, 3.8) is 0 Å². The lowest BCUT2D eigenvalue weighted by atomic mass is 9.98. The second kappa shape index (κ2) is 43.1. The molecule has 27 heteroatoms. The van der Waals surface area contributed by atoms with Crippen LogP contribution < -0.4 is 37.6 Å². The van der Waals surface area contributed by atoms with E-state index >= 15 is 4.39 Å². The van der Waals surface area contributed by atoms with Gasteiger partial charge < -0.3 is 61.9 Å². The number of halogens is 2. The summed E-state index contributed by atoms with van der Waals surface area (Å²) in [6, 6.07) is 26.9. The van der Waals surface area contributed by atoms with Crippen LogP contribution in [0.1, 0.15) is 185 Å². The van der Waals surface area contributed by atoms with Crippen LogP contribution in [0.25, 0.3) is 44.3 Å². The number of carboxylic acids is 1. The molecule has 0 aliphatic carbocycles. The second-order valence-corrected chi connectivity index (χ2v) is 32.0. The highest BCUT2D eigenvalue weighted by Gasteiger charge is 2.33. The summed E-state index contributed by atoms with van der Waals surface area (Å²) < 4.78 is 50.0. The molecule has 4 atom stereocenters. The lowest BCUT2D eigenvalue weighted by Gasteiger charge is -2.40. The summed E-state index contributed by atoms with van der Waals surface area (Å²) in [5.41, 5.74) is 18.9. The van der Waals surface area contributed by atoms with Gasteiger partial charge in [0.2, 0.25) is 17.7 Å². The summed E-state index contributed by atoms with van der Waals surface area (Å²) in [5.74, 6) is -4.65. The summed E-state index contributed by atoms with van der Waals surface area (Å²) in [6.07, 6.45) is 12.2. The number of pyridine rings is 2. The number of nitrogens with two attached hydrogens (primary N) is 1. The van der Waals surface area contributed by atoms with Gasteiger partial charge in [0.1, 0.15) is 29.1 Å². The maximum Gasteiger partial charge on any atom is 0.410 e. The highest BCUT2D eigenvalue weighted by atomic mass is 19.1. The number of aliphatic carboxylic acids is 1. The third kappa shape index (κ3) is 24.1. The van der Waals surface area contributed by atoms with E-state index in [9.17, 15) is 33.5 Å². The summed E-state index contributed by atoms with van der Waals surface area (Å²) in [4.78, 5) is 80.7. The molecule has 0 bridgehead atoms. The van der Waals surface area contributed by atoms with Crippen LogP contribution in [0.15, 0.2) is 97.3 Å². The number of nitrogens with one attached hydrogen (secondary N) is 6. The Bertz CT molecular complexity index is 4590. The zero-order valence-corrected chi connectivity index (χ0v) is 70.0. The van der Waals surface area contributed by atoms with Crippen LogP contribution >= 0.6 is 0 Å². The lowest BCUT2D eigenvalue weighted by molar-refractivity contribution is -0.147. The van der Waals surface area contributed by atoms with Gasteiger partial charge in [-0.2, -0.15) is 10.2 Å². The number of fused-ring (bicyclic) bond motifs is 2. The number of hydrogen-bond acceptors (Lipinski definition) is 18. The number of carbonyl (C=O) groups excluding carboxylic acids is 4. The van der Waals surface area contributed by atoms with Crippen LogP contribution in [-0.4, -0.2) is 175 Å². The van der Waals surface area contributed by atoms with Gasteiger partial charge in [0.05, 0.1) is 34.5 Å². The number of aromatic nitrogens is 6. The number of aryl methyl sites for hydroxylation is 4. The van der Waals surface area contributed by atoms with E-state index in [4.69, 9.17) is 29.9 Å². The number of amides is 4. The molecule has 4 fully saturated rings. The van der Waals surface area contributed by atoms with Crippen molar-refractivity contribution in [2.45, 2.75) is 235 Å². The van der Waals surface area contributed by atoms with Crippen LogP contribution in [0.3, 0.4) is 0 Å². The molecule has 0 radical (unpaired) electrons. The Morgan fingerprint density at radius 3 is 1.53 bits per heavy atom. The Morgan fingerprint density at radius 1 is 0.603 bits per heavy atom. The molecule has 2 unspecified atom stereocenters. The number of unbranched alkanes of at least 4 members (excludes halogenated alkanes) is 2. The third-order valence-electron chi connectivity index (χ3n) is 22.0. The maximum absolute atomic E-state index is 15.2. The van der Waals surface area contributed by atoms with Crippen molar-refractivity contribution in [1.29, 1.82) is 0 Å². The molecule has 9 N–H and O–H groups in total. The number of nitrogens with zero attached hydrogens (tertiary/aromatic N) is 9. The number of ether oxygens (including phenoxy) is 3. The Hall–Kier alpha value is -9.51. The molecule has 4 saturated heterocycles. The molecule has 25 nitrogen and oxygen atoms in total. The summed E-state index contributed by atoms with van der Waals surface area (Å²) in [5, 5.41) is 40.3. The molecule has 0 saturated carbocycles. The summed E-state index contributed by atoms with van der Waals surface area (Å²) in [7, 11) is 0. The predicted molar refractivity (Wildman–Crippen MR) is 451 cm³/mol. The van der Waals surface area contributed by atoms with Crippen molar-refractivity contribution < 1.29 is 52.1 Å². The van der Waals surface area contributed by atoms with Crippen molar-refractivity contribution >= 4 is 63.2 Å². The number of hydrogen-bond donors (Lipinski definition) is 8. The van der Waals surface area contributed by atoms with Gasteiger partial charge in [0.25, 0.3) is 0 Å². The smallest absolute Gasteiger partial charge is 0.410 e. The molecular weight excluding hydrogens is 1480 g/mol. The quantitative estimate of drug-likeness (QED) is 0.0187. The molecule has 628 valence electrons. The number of carboxylic acid groups (broad SMARTS) is 1. The van der Waals surface area contributed by atoms with Crippen LogP contribution in [0.5, 0.6) is 0 Å². The molecule has 4 aromatic heterocycles. The second-order valence-electron chi connectivity index (χ2n) is 32.0. The molecule has 4 aromatic carbocycles. The van der Waals surface area contributed by atoms with E-state index < -0.39 is 29.3 Å². The van der Waals surface area contributed by atoms with Crippen molar-refractivity contribution in [1.82, 2.24) is 65.5 Å². The molecule has 0 spiro atoms. The minimum Gasteiger partial charge on any atom is -0.481 e. The van der Waals surface area contributed by atoms with E-state index in [1.54, 1.807) is 23.1 Å². The first kappa shape index (κ1) is 88.8. The van der Waals surface area contributed by atoms with Gasteiger partial charge in [-0.1, -0.05) is 102 Å². The van der Waals surface area contributed by atoms with Gasteiger partial charge in [-0.25, -0.2) is 32.9 Å². The van der Waals surface area contributed by atoms with E-state index in [1.165, 1.54) is 12.1 Å². The fourth-order valence-electron chi connectivity index (χ4n) is 15.6. The normalized spacial score (nSPS) is 17.0. The van der Waals surface area contributed by atoms with Crippen LogP contribution in [0.4, 0.5) is 25.0 Å². The molecule has 8 aromatic rings. The first-order valence-electron chi connectivity index (χ1n) is 42.1. The van der Waals surface area contributed by atoms with Crippen LogP contribution in [0, 0.1) is 23.5 Å². The van der Waals surface area contributed by atoms with E-state index in [-0.39, 0.29) is 67.3 Å². The molecule has 116 heavy (non-hydrogen) atoms. The van der Waals surface area contributed by atoms with Crippen molar-refractivity contribution in [3.05, 3.63) is 154 Å². The number of anilines is 2. The Morgan fingerprint density at radius 2 is 1.08 bits per heavy atom. The average molecular weight is 1600 g/mol. The Balaban J connectivity index is 0.000000196. The zero-order chi connectivity index (χ0) is 83.0. The molecule has 8 heterocycles. The van der Waals surface area contributed by atoms with Crippen LogP contribution in [0.2, 0.25) is 0 Å². The predicted octanol–water partition coefficient (Wildman–Crippen LogP) is 13.4. The van der Waals surface area contributed by atoms with Gasteiger partial charge in [-0.05, 0) is 170 Å². The number of piperazine rings is 2. The summed E-state index contributed by atoms with van der Waals surface area (Å²) >= 11 is 0. The molecular formula is C89H124F2N16O9. The largest absolute Gasteiger partial charge is 0.481 e. The van der Waals surface area contributed by atoms with E-state index in [0.29, 0.717) is 102 Å². The first-order chi connectivity index (χ1) is 55.9. The lowest BCUT2D eigenvalue weighted by Crippen LogP contribution is -2.54. The van der Waals surface area contributed by atoms with E-state index in [0.717, 1.165) is 180 Å². The number of rotatable bonds is 31. The molecule has 4 amide bonds. The van der Waals surface area contributed by atoms with Crippen molar-refractivity contribution in [3.8, 4) is 22.3 Å². The minimum absolute atomic E-state index is 0.0652. The minimum atomic E-state index is -1.08. The fourth-order valence-corrected chi connectivity index (χ4v) is 15.6. The van der Waals surface area contributed by atoms with Gasteiger partial charge in [-0.3, -0.25) is 29.0 Å². The first-order valence-corrected chi connectivity index (χ1v) is 42.1. The monoisotopic (exact) mass is 1600 g/mol. The summed E-state index contributed by atoms with van der Waals surface area (Å²) in [6.45, 7) is 33.9. The SMILES string of the molecule is CCCCC(C(=O)NCc1ccc(F)c(-c2cccc(CN3CCN[C@@H](C)C3)c2)c1)C(=O)NCc1c(CC)nc2c(cnn2CC)c1NC1CCOCC1.CCCCC(C(=O)O)C(=O)NCc1c(CC)nc2c(cnn2CC)c1NC1CCOCC1.C[C@H]1CN(Cc2cccc(-c3cc(CN)ccc3F)c2)CCN1C(=O)OC(C)(C)C. The van der Waals surface area contributed by atoms with Gasteiger partial charge >= 0.3 is 12.1 Å². The van der Waals surface area contributed by atoms with Crippen LogP contribution in [-0.2, 0) is 98.6 Å². The van der Waals surface area contributed by atoms with E-state index in [1.807, 2.05) is 120 Å². The maximum atomic E-state index is 15.2. The number of benzene rings is 4. The highest BCUT2D eigenvalue weighted by Crippen LogP contribution is 2.35. The highest BCUT2D eigenvalue weighted by molar-refractivity contribution is 6.01. The molecule has 12 rings (SSSR count). The zero-order valence-electron chi connectivity index (χ0n) is 70.0. The van der Waals surface area contributed by atoms with Gasteiger partial charge in [-0.15, -0.1) is 0 Å². The van der Waals surface area contributed by atoms with Crippen molar-refractivity contribution in [2.75, 3.05) is 76.3 Å². The Kier molecular flexibility index (Phi) is 33.0. The van der Waals surface area contributed by atoms with Gasteiger partial charge in [0.15, 0.2) is 11.3 Å². The topological polar surface area (TPSA) is 303 Å². The Labute approximate surface area is 682 Å². The van der Waals surface area contributed by atoms with Gasteiger partial charge in [0, 0.05) is 176 Å². The molecule has 4 aliphatic heterocycles. The average Bonchev–Trinajstić information content (AvgIpc) is 1.63. The van der Waals surface area contributed by atoms with E-state index in [2.05, 4.69) is 83.9 Å². The fraction of sp³-hybridized carbons (Fsp3) is 0.539.